The molecule has 2 fully saturated rings. The maximum Gasteiger partial charge on any atom is 0.268 e. The van der Waals surface area contributed by atoms with Crippen LogP contribution in [0.4, 0.5) is 10.3 Å². The van der Waals surface area contributed by atoms with Crippen molar-refractivity contribution in [1.29, 1.82) is 0 Å². The lowest BCUT2D eigenvalue weighted by molar-refractivity contribution is 0.0266. The molecule has 1 saturated carbocycles. The third-order valence-corrected chi connectivity index (χ3v) is 8.99. The van der Waals surface area contributed by atoms with E-state index in [2.05, 4.69) is 26.3 Å². The van der Waals surface area contributed by atoms with E-state index in [9.17, 15) is 18.3 Å². The van der Waals surface area contributed by atoms with Gasteiger partial charge in [-0.3, -0.25) is 14.0 Å². The molecule has 0 amide bonds. The molecule has 1 aliphatic carbocycles. The van der Waals surface area contributed by atoms with E-state index in [0.717, 1.165) is 10.7 Å². The predicted octanol–water partition coefficient (Wildman–Crippen LogP) is 1.20. The van der Waals surface area contributed by atoms with E-state index < -0.39 is 39.4 Å². The first-order valence-corrected chi connectivity index (χ1v) is 13.5. The zero-order valence-electron chi connectivity index (χ0n) is 20.5. The number of alkyl halides is 1. The average molecular weight is 530 g/mol. The van der Waals surface area contributed by atoms with Crippen LogP contribution in [-0.2, 0) is 17.1 Å². The van der Waals surface area contributed by atoms with E-state index in [-0.39, 0.29) is 36.0 Å². The second-order valence-corrected chi connectivity index (χ2v) is 11.7. The highest BCUT2D eigenvalue weighted by atomic mass is 32.2. The monoisotopic (exact) mass is 529 g/mol. The van der Waals surface area contributed by atoms with Gasteiger partial charge in [0.25, 0.3) is 15.6 Å². The molecule has 13 heteroatoms. The number of aromatic nitrogens is 5. The number of pyridine rings is 1. The van der Waals surface area contributed by atoms with Gasteiger partial charge in [-0.2, -0.15) is 14.4 Å². The van der Waals surface area contributed by atoms with Crippen LogP contribution in [0, 0.1) is 12.3 Å². The summed E-state index contributed by atoms with van der Waals surface area (Å²) in [6, 6.07) is 1.64. The Morgan fingerprint density at radius 2 is 2.14 bits per heavy atom. The number of terminal acetylenes is 1. The lowest BCUT2D eigenvalue weighted by Gasteiger charge is -2.33. The van der Waals surface area contributed by atoms with E-state index in [0.29, 0.717) is 23.9 Å². The molecule has 1 aliphatic heterocycles. The molecule has 2 N–H and O–H groups in total. The minimum absolute atomic E-state index is 0.0890. The van der Waals surface area contributed by atoms with Crippen LogP contribution < -0.4 is 10.9 Å². The number of rotatable bonds is 5. The van der Waals surface area contributed by atoms with Crippen LogP contribution >= 0.6 is 0 Å². The summed E-state index contributed by atoms with van der Waals surface area (Å²) in [6.45, 7) is 1.43. The van der Waals surface area contributed by atoms with Crippen LogP contribution in [0.3, 0.4) is 0 Å². The van der Waals surface area contributed by atoms with Gasteiger partial charge in [0, 0.05) is 37.9 Å². The number of halogens is 1. The molecule has 3 aromatic heterocycles. The molecule has 2 aliphatic rings. The Kier molecular flexibility index (Phi) is 6.29. The molecule has 0 aromatic carbocycles. The minimum Gasteiger partial charge on any atom is -0.388 e. The van der Waals surface area contributed by atoms with Crippen molar-refractivity contribution < 1.29 is 17.9 Å². The van der Waals surface area contributed by atoms with Crippen molar-refractivity contribution in [2.45, 2.75) is 61.5 Å². The molecular weight excluding hydrogens is 501 g/mol. The lowest BCUT2D eigenvalue weighted by Crippen LogP contribution is -2.50. The lowest BCUT2D eigenvalue weighted by atomic mass is 9.99. The topological polar surface area (TPSA) is 135 Å². The van der Waals surface area contributed by atoms with E-state index in [1.165, 1.54) is 33.8 Å². The normalized spacial score (nSPS) is 26.8. The van der Waals surface area contributed by atoms with Crippen molar-refractivity contribution in [3.8, 4) is 12.3 Å². The first-order valence-electron chi connectivity index (χ1n) is 12.0. The Morgan fingerprint density at radius 3 is 2.76 bits per heavy atom. The van der Waals surface area contributed by atoms with Crippen LogP contribution in [0.2, 0.25) is 0 Å². The zero-order chi connectivity index (χ0) is 26.5. The fourth-order valence-corrected chi connectivity index (χ4v) is 6.62. The summed E-state index contributed by atoms with van der Waals surface area (Å²) in [6.07, 6.45) is 9.07. The van der Waals surface area contributed by atoms with Gasteiger partial charge < -0.3 is 10.4 Å². The number of hydrogen-bond acceptors (Lipinski definition) is 8. The first-order chi connectivity index (χ1) is 17.5. The summed E-state index contributed by atoms with van der Waals surface area (Å²) in [5.41, 5.74) is -1.11. The predicted molar refractivity (Wildman–Crippen MR) is 134 cm³/mol. The summed E-state index contributed by atoms with van der Waals surface area (Å²) in [5, 5.41) is 18.2. The number of anilines is 1. The number of aliphatic hydroxyl groups is 1. The van der Waals surface area contributed by atoms with E-state index >= 15 is 4.39 Å². The van der Waals surface area contributed by atoms with Gasteiger partial charge in [0.2, 0.25) is 5.95 Å². The standard InChI is InChI=1S/C24H28FN7O4S/c1-4-15-12-16-13-26-23(28-21(16)32(22(15)33)19-6-5-9-24(19,2)34)27-18-7-11-31(14-17(18)25)37(35,36)20-8-10-30(3)29-20/h1,8,10,12-13,17-19,34H,5-7,9,11,14H2,2-3H3,(H,26,27,28)/t17-,18-,19-,24-/m1/s1. The van der Waals surface area contributed by atoms with Gasteiger partial charge in [0.05, 0.1) is 23.2 Å². The van der Waals surface area contributed by atoms with Crippen LogP contribution in [0.15, 0.2) is 34.3 Å². The maximum absolute atomic E-state index is 15.2. The van der Waals surface area contributed by atoms with Gasteiger partial charge in [-0.15, -0.1) is 6.42 Å². The highest BCUT2D eigenvalue weighted by Gasteiger charge is 2.40. The molecule has 11 nitrogen and oxygen atoms in total. The second-order valence-electron chi connectivity index (χ2n) is 9.86. The molecule has 4 heterocycles. The molecule has 37 heavy (non-hydrogen) atoms. The second kappa shape index (κ2) is 9.20. The average Bonchev–Trinajstić information content (AvgIpc) is 3.45. The van der Waals surface area contributed by atoms with E-state index in [1.54, 1.807) is 14.0 Å². The van der Waals surface area contributed by atoms with Crippen molar-refractivity contribution in [1.82, 2.24) is 28.6 Å². The number of piperidine rings is 1. The Morgan fingerprint density at radius 1 is 1.35 bits per heavy atom. The number of fused-ring (bicyclic) bond motifs is 1. The molecule has 0 spiro atoms. The van der Waals surface area contributed by atoms with E-state index in [1.807, 2.05) is 0 Å². The Balaban J connectivity index is 1.42. The summed E-state index contributed by atoms with van der Waals surface area (Å²) in [4.78, 5) is 22.0. The van der Waals surface area contributed by atoms with Crippen molar-refractivity contribution in [2.75, 3.05) is 18.4 Å². The van der Waals surface area contributed by atoms with Crippen LogP contribution in [-0.4, -0.2) is 73.0 Å². The van der Waals surface area contributed by atoms with Crippen molar-refractivity contribution in [3.63, 3.8) is 0 Å². The fourth-order valence-electron chi connectivity index (χ4n) is 5.21. The molecule has 0 bridgehead atoms. The molecule has 4 atom stereocenters. The van der Waals surface area contributed by atoms with Gasteiger partial charge in [-0.05, 0) is 44.7 Å². The largest absolute Gasteiger partial charge is 0.388 e. The highest BCUT2D eigenvalue weighted by molar-refractivity contribution is 7.89. The van der Waals surface area contributed by atoms with Crippen LogP contribution in [0.1, 0.15) is 44.2 Å². The van der Waals surface area contributed by atoms with Crippen molar-refractivity contribution in [2.24, 2.45) is 7.05 Å². The van der Waals surface area contributed by atoms with Gasteiger partial charge in [-0.25, -0.2) is 17.8 Å². The van der Waals surface area contributed by atoms with Crippen molar-refractivity contribution >= 4 is 27.0 Å². The quantitative estimate of drug-likeness (QED) is 0.471. The summed E-state index contributed by atoms with van der Waals surface area (Å²) >= 11 is 0. The minimum atomic E-state index is -3.91. The van der Waals surface area contributed by atoms with Gasteiger partial charge in [0.1, 0.15) is 11.8 Å². The van der Waals surface area contributed by atoms with Gasteiger partial charge in [-0.1, -0.05) is 5.92 Å². The fraction of sp³-hybridized carbons (Fsp3) is 0.500. The maximum atomic E-state index is 15.2. The van der Waals surface area contributed by atoms with Gasteiger partial charge >= 0.3 is 0 Å². The molecule has 0 unspecified atom stereocenters. The smallest absolute Gasteiger partial charge is 0.268 e. The molecule has 5 rings (SSSR count). The Hall–Kier alpha value is -3.34. The molecule has 0 radical (unpaired) electrons. The third-order valence-electron chi connectivity index (χ3n) is 7.23. The Labute approximate surface area is 213 Å². The first kappa shape index (κ1) is 25.3. The molecule has 196 valence electrons. The number of nitrogens with zero attached hydrogens (tertiary/aromatic N) is 6. The SMILES string of the molecule is C#Cc1cc2cnc(N[C@@H]3CCN(S(=O)(=O)c4ccn(C)n4)C[C@H]3F)nc2n([C@@H]2CCC[C@@]2(C)O)c1=O. The summed E-state index contributed by atoms with van der Waals surface area (Å²) < 4.78 is 44.7. The zero-order valence-corrected chi connectivity index (χ0v) is 21.3. The number of hydrogen-bond donors (Lipinski definition) is 2. The van der Waals surface area contributed by atoms with Crippen molar-refractivity contribution in [3.05, 3.63) is 40.4 Å². The molecule has 3 aromatic rings. The van der Waals surface area contributed by atoms with Gasteiger partial charge in [0.15, 0.2) is 5.03 Å². The van der Waals surface area contributed by atoms with Crippen LogP contribution in [0.25, 0.3) is 11.0 Å². The summed E-state index contributed by atoms with van der Waals surface area (Å²) in [5.74, 6) is 2.50. The van der Waals surface area contributed by atoms with Crippen LogP contribution in [0.5, 0.6) is 0 Å². The molecular formula is C24H28FN7O4S. The number of sulfonamides is 1. The molecule has 1 saturated heterocycles. The van der Waals surface area contributed by atoms with E-state index in [4.69, 9.17) is 6.42 Å². The highest BCUT2D eigenvalue weighted by Crippen LogP contribution is 2.39. The summed E-state index contributed by atoms with van der Waals surface area (Å²) in [7, 11) is -2.30. The number of aryl methyl sites for hydroxylation is 1. The number of nitrogens with one attached hydrogen (secondary N) is 1. The third kappa shape index (κ3) is 4.49. The Bertz CT molecular complexity index is 1560.